The van der Waals surface area contributed by atoms with Gasteiger partial charge in [-0.25, -0.2) is 0 Å². The molecule has 1 heterocycles. The van der Waals surface area contributed by atoms with Gasteiger partial charge in [0.05, 0.1) is 17.0 Å². The number of nitrogens with zero attached hydrogens (tertiary/aromatic N) is 2. The Morgan fingerprint density at radius 3 is 2.55 bits per heavy atom. The highest BCUT2D eigenvalue weighted by atomic mass is 16.4. The number of nitrogens with one attached hydrogen (secondary N) is 1. The van der Waals surface area contributed by atoms with E-state index in [1.807, 2.05) is 6.07 Å². The van der Waals surface area contributed by atoms with Crippen molar-refractivity contribution < 1.29 is 14.7 Å². The van der Waals surface area contributed by atoms with E-state index in [9.17, 15) is 9.59 Å². The summed E-state index contributed by atoms with van der Waals surface area (Å²) in [5.74, 6) is -1.20. The molecule has 6 heteroatoms. The molecule has 1 saturated carbocycles. The molecular weight excluding hydrogens is 282 g/mol. The number of rotatable bonds is 3. The molecule has 1 amide bonds. The van der Waals surface area contributed by atoms with E-state index in [2.05, 4.69) is 15.3 Å². The monoisotopic (exact) mass is 299 g/mol. The number of carbonyl (C=O) groups is 2. The summed E-state index contributed by atoms with van der Waals surface area (Å²) in [6, 6.07) is 5.36. The molecule has 6 nitrogen and oxygen atoms in total. The first-order valence-electron chi connectivity index (χ1n) is 7.38. The first-order chi connectivity index (χ1) is 10.6. The van der Waals surface area contributed by atoms with Gasteiger partial charge in [-0.15, -0.1) is 0 Å². The summed E-state index contributed by atoms with van der Waals surface area (Å²) in [5.41, 5.74) is 1.78. The van der Waals surface area contributed by atoms with Crippen molar-refractivity contribution in [2.75, 3.05) is 0 Å². The van der Waals surface area contributed by atoms with Crippen LogP contribution in [0.3, 0.4) is 0 Å². The van der Waals surface area contributed by atoms with Gasteiger partial charge in [0.25, 0.3) is 5.91 Å². The average molecular weight is 299 g/mol. The molecule has 1 fully saturated rings. The van der Waals surface area contributed by atoms with Crippen LogP contribution in [0.5, 0.6) is 0 Å². The SMILES string of the molecule is O=C(NC1CCC(C(=O)O)CC1)c1cccc2nccnc12. The maximum absolute atomic E-state index is 12.4. The largest absolute Gasteiger partial charge is 0.481 e. The number of carboxylic acids is 1. The van der Waals surface area contributed by atoms with Gasteiger partial charge < -0.3 is 10.4 Å². The Hall–Kier alpha value is -2.50. The molecule has 1 aliphatic carbocycles. The number of fused-ring (bicyclic) bond motifs is 1. The zero-order chi connectivity index (χ0) is 15.5. The Labute approximate surface area is 127 Å². The lowest BCUT2D eigenvalue weighted by Gasteiger charge is -2.26. The van der Waals surface area contributed by atoms with Crippen LogP contribution >= 0.6 is 0 Å². The summed E-state index contributed by atoms with van der Waals surface area (Å²) in [6.07, 6.45) is 5.76. The van der Waals surface area contributed by atoms with E-state index in [0.717, 1.165) is 0 Å². The Morgan fingerprint density at radius 1 is 1.09 bits per heavy atom. The highest BCUT2D eigenvalue weighted by Crippen LogP contribution is 2.25. The predicted octanol–water partition coefficient (Wildman–Crippen LogP) is 2.00. The summed E-state index contributed by atoms with van der Waals surface area (Å²) < 4.78 is 0. The topological polar surface area (TPSA) is 92.2 Å². The molecular formula is C16H17N3O3. The number of amides is 1. The number of benzene rings is 1. The zero-order valence-electron chi connectivity index (χ0n) is 12.0. The lowest BCUT2D eigenvalue weighted by atomic mass is 9.86. The van der Waals surface area contributed by atoms with Gasteiger partial charge in [0.2, 0.25) is 0 Å². The Bertz CT molecular complexity index is 703. The molecule has 3 rings (SSSR count). The first-order valence-corrected chi connectivity index (χ1v) is 7.38. The first kappa shape index (κ1) is 14.4. The van der Waals surface area contributed by atoms with Crippen LogP contribution in [-0.2, 0) is 4.79 Å². The fraction of sp³-hybridized carbons (Fsp3) is 0.375. The van der Waals surface area contributed by atoms with Crippen molar-refractivity contribution in [1.29, 1.82) is 0 Å². The van der Waals surface area contributed by atoms with Crippen LogP contribution < -0.4 is 5.32 Å². The summed E-state index contributed by atoms with van der Waals surface area (Å²) >= 11 is 0. The van der Waals surface area contributed by atoms with Crippen LogP contribution in [0.2, 0.25) is 0 Å². The highest BCUT2D eigenvalue weighted by Gasteiger charge is 2.27. The molecule has 1 aromatic heterocycles. The molecule has 22 heavy (non-hydrogen) atoms. The summed E-state index contributed by atoms with van der Waals surface area (Å²) in [6.45, 7) is 0. The molecule has 0 bridgehead atoms. The minimum absolute atomic E-state index is 0.0232. The third-order valence-electron chi connectivity index (χ3n) is 4.15. The summed E-state index contributed by atoms with van der Waals surface area (Å²) in [7, 11) is 0. The summed E-state index contributed by atoms with van der Waals surface area (Å²) in [5, 5.41) is 12.0. The number of hydrogen-bond acceptors (Lipinski definition) is 4. The maximum atomic E-state index is 12.4. The van der Waals surface area contributed by atoms with Crippen molar-refractivity contribution in [3.63, 3.8) is 0 Å². The van der Waals surface area contributed by atoms with Crippen molar-refractivity contribution in [3.05, 3.63) is 36.2 Å². The molecule has 1 aromatic carbocycles. The second-order valence-electron chi connectivity index (χ2n) is 5.59. The number of aliphatic carboxylic acids is 1. The van der Waals surface area contributed by atoms with Gasteiger partial charge in [0.1, 0.15) is 5.52 Å². The maximum Gasteiger partial charge on any atom is 0.306 e. The Balaban J connectivity index is 1.71. The quantitative estimate of drug-likeness (QED) is 0.904. The van der Waals surface area contributed by atoms with Gasteiger partial charge in [-0.1, -0.05) is 6.07 Å². The van der Waals surface area contributed by atoms with Crippen molar-refractivity contribution >= 4 is 22.9 Å². The van der Waals surface area contributed by atoms with E-state index in [0.29, 0.717) is 42.3 Å². The molecule has 0 aliphatic heterocycles. The van der Waals surface area contributed by atoms with Gasteiger partial charge in [-0.2, -0.15) is 0 Å². The lowest BCUT2D eigenvalue weighted by Crippen LogP contribution is -2.38. The number of hydrogen-bond donors (Lipinski definition) is 2. The highest BCUT2D eigenvalue weighted by molar-refractivity contribution is 6.04. The van der Waals surface area contributed by atoms with Crippen LogP contribution in [0.4, 0.5) is 0 Å². The lowest BCUT2D eigenvalue weighted by molar-refractivity contribution is -0.142. The van der Waals surface area contributed by atoms with E-state index in [1.165, 1.54) is 0 Å². The average Bonchev–Trinajstić information content (AvgIpc) is 2.54. The number of aromatic nitrogens is 2. The third kappa shape index (κ3) is 2.90. The van der Waals surface area contributed by atoms with Crippen molar-refractivity contribution in [3.8, 4) is 0 Å². The molecule has 0 unspecified atom stereocenters. The van der Waals surface area contributed by atoms with Gasteiger partial charge >= 0.3 is 5.97 Å². The van der Waals surface area contributed by atoms with E-state index in [4.69, 9.17) is 5.11 Å². The zero-order valence-corrected chi connectivity index (χ0v) is 12.0. The van der Waals surface area contributed by atoms with Crippen molar-refractivity contribution in [1.82, 2.24) is 15.3 Å². The third-order valence-corrected chi connectivity index (χ3v) is 4.15. The second kappa shape index (κ2) is 6.09. The van der Waals surface area contributed by atoms with E-state index < -0.39 is 5.97 Å². The van der Waals surface area contributed by atoms with Crippen LogP contribution in [0.1, 0.15) is 36.0 Å². The summed E-state index contributed by atoms with van der Waals surface area (Å²) in [4.78, 5) is 31.8. The van der Waals surface area contributed by atoms with E-state index in [1.54, 1.807) is 24.5 Å². The van der Waals surface area contributed by atoms with Crippen molar-refractivity contribution in [2.45, 2.75) is 31.7 Å². The van der Waals surface area contributed by atoms with Crippen LogP contribution in [0.15, 0.2) is 30.6 Å². The Morgan fingerprint density at radius 2 is 1.82 bits per heavy atom. The second-order valence-corrected chi connectivity index (χ2v) is 5.59. The fourth-order valence-corrected chi connectivity index (χ4v) is 2.92. The molecule has 2 aromatic rings. The predicted molar refractivity (Wildman–Crippen MR) is 80.4 cm³/mol. The van der Waals surface area contributed by atoms with Crippen LogP contribution in [0, 0.1) is 5.92 Å². The molecule has 0 radical (unpaired) electrons. The van der Waals surface area contributed by atoms with Gasteiger partial charge in [-0.05, 0) is 37.8 Å². The number of carbonyl (C=O) groups excluding carboxylic acids is 1. The van der Waals surface area contributed by atoms with Gasteiger partial charge in [-0.3, -0.25) is 19.6 Å². The molecule has 114 valence electrons. The normalized spacial score (nSPS) is 21.5. The van der Waals surface area contributed by atoms with E-state index >= 15 is 0 Å². The molecule has 1 aliphatic rings. The van der Waals surface area contributed by atoms with Crippen LogP contribution in [0.25, 0.3) is 11.0 Å². The molecule has 0 atom stereocenters. The smallest absolute Gasteiger partial charge is 0.306 e. The van der Waals surface area contributed by atoms with Gasteiger partial charge in [0, 0.05) is 18.4 Å². The van der Waals surface area contributed by atoms with Crippen LogP contribution in [-0.4, -0.2) is 33.0 Å². The Kier molecular flexibility index (Phi) is 4.00. The molecule has 2 N–H and O–H groups in total. The van der Waals surface area contributed by atoms with Gasteiger partial charge in [0.15, 0.2) is 0 Å². The molecule has 0 saturated heterocycles. The standard InChI is InChI=1S/C16H17N3O3/c20-15(19-11-6-4-10(5-7-11)16(21)22)12-2-1-3-13-14(12)18-9-8-17-13/h1-3,8-11H,4-7H2,(H,19,20)(H,21,22). The molecule has 0 spiro atoms. The van der Waals surface area contributed by atoms with Crippen molar-refractivity contribution in [2.24, 2.45) is 5.92 Å². The fourth-order valence-electron chi connectivity index (χ4n) is 2.92. The number of carboxylic acid groups (broad SMARTS) is 1. The minimum Gasteiger partial charge on any atom is -0.481 e. The number of para-hydroxylation sites is 1. The van der Waals surface area contributed by atoms with E-state index in [-0.39, 0.29) is 17.9 Å². The minimum atomic E-state index is -0.742.